The van der Waals surface area contributed by atoms with Crippen molar-refractivity contribution in [3.63, 3.8) is 0 Å². The summed E-state index contributed by atoms with van der Waals surface area (Å²) in [5.74, 6) is 0. The number of nitrogens with two attached hydrogens (primary N) is 2. The van der Waals surface area contributed by atoms with Crippen LogP contribution in [0.2, 0.25) is 0 Å². The molecule has 1 aromatic carbocycles. The Balaban J connectivity index is 2.01. The van der Waals surface area contributed by atoms with E-state index < -0.39 is 0 Å². The monoisotopic (exact) mass is 438 g/mol. The van der Waals surface area contributed by atoms with Gasteiger partial charge in [0.05, 0.1) is 11.1 Å². The highest BCUT2D eigenvalue weighted by atomic mass is 79.9. The van der Waals surface area contributed by atoms with E-state index in [2.05, 4.69) is 54.6 Å². The van der Waals surface area contributed by atoms with Crippen molar-refractivity contribution in [2.75, 3.05) is 7.11 Å². The maximum Gasteiger partial charge on any atom is 0.0587 e. The molecule has 0 aromatic heterocycles. The first-order valence-electron chi connectivity index (χ1n) is 9.35. The molecule has 3 rings (SSSR count). The van der Waals surface area contributed by atoms with Crippen molar-refractivity contribution in [2.45, 2.75) is 68.8 Å². The summed E-state index contributed by atoms with van der Waals surface area (Å²) >= 11 is 5.30. The first-order valence-corrected chi connectivity index (χ1v) is 11.0. The van der Waals surface area contributed by atoms with Gasteiger partial charge in [0.2, 0.25) is 0 Å². The summed E-state index contributed by atoms with van der Waals surface area (Å²) in [6.45, 7) is 8.36. The molecule has 1 atom stereocenters. The van der Waals surface area contributed by atoms with Gasteiger partial charge in [-0.15, -0.1) is 11.8 Å². The molecule has 1 fully saturated rings. The van der Waals surface area contributed by atoms with Crippen LogP contribution >= 0.6 is 27.7 Å². The van der Waals surface area contributed by atoms with E-state index in [0.717, 1.165) is 43.0 Å². The molecule has 2 aliphatic carbocycles. The Kier molecular flexibility index (Phi) is 5.57. The van der Waals surface area contributed by atoms with Crippen LogP contribution in [0.1, 0.15) is 57.1 Å². The van der Waals surface area contributed by atoms with Crippen molar-refractivity contribution in [2.24, 2.45) is 16.9 Å². The molecule has 3 nitrogen and oxygen atoms in total. The average Bonchev–Trinajstić information content (AvgIpc) is 2.75. The number of hydrogen-bond acceptors (Lipinski definition) is 4. The second-order valence-corrected chi connectivity index (χ2v) is 11.4. The van der Waals surface area contributed by atoms with Gasteiger partial charge < -0.3 is 16.2 Å². The van der Waals surface area contributed by atoms with Crippen LogP contribution in [-0.2, 0) is 16.7 Å². The van der Waals surface area contributed by atoms with Crippen molar-refractivity contribution in [1.29, 1.82) is 0 Å². The molecule has 1 saturated carbocycles. The zero-order valence-corrected chi connectivity index (χ0v) is 18.5. The van der Waals surface area contributed by atoms with Crippen LogP contribution in [0.15, 0.2) is 34.3 Å². The highest BCUT2D eigenvalue weighted by molar-refractivity contribution is 9.10. The lowest BCUT2D eigenvalue weighted by Gasteiger charge is -2.50. The van der Waals surface area contributed by atoms with E-state index in [0.29, 0.717) is 11.1 Å². The lowest BCUT2D eigenvalue weighted by atomic mass is 9.59. The molecule has 0 bridgehead atoms. The maximum atomic E-state index is 7.35. The highest BCUT2D eigenvalue weighted by Gasteiger charge is 2.57. The Morgan fingerprint density at radius 3 is 2.62 bits per heavy atom. The second kappa shape index (κ2) is 7.16. The van der Waals surface area contributed by atoms with E-state index in [1.807, 2.05) is 7.11 Å². The van der Waals surface area contributed by atoms with Gasteiger partial charge >= 0.3 is 0 Å². The van der Waals surface area contributed by atoms with Crippen molar-refractivity contribution in [1.82, 2.24) is 0 Å². The predicted octanol–water partition coefficient (Wildman–Crippen LogP) is 5.07. The van der Waals surface area contributed by atoms with Crippen molar-refractivity contribution in [3.8, 4) is 0 Å². The molecule has 4 N–H and O–H groups in total. The summed E-state index contributed by atoms with van der Waals surface area (Å²) in [6, 6.07) is 6.63. The van der Waals surface area contributed by atoms with Crippen molar-refractivity contribution >= 4 is 27.7 Å². The number of fused-ring (bicyclic) bond motifs is 1. The molecule has 1 unspecified atom stereocenters. The Morgan fingerprint density at radius 1 is 1.38 bits per heavy atom. The van der Waals surface area contributed by atoms with Crippen LogP contribution in [-0.4, -0.2) is 18.0 Å². The fourth-order valence-corrected chi connectivity index (χ4v) is 6.64. The standard InChI is InChI=1S/C21H31BrN2OS/c1-14(23)26-19(2,3)13-21(24)18-11-16(22)6-5-15(18)12-20(21)9-7-17(25-4)8-10-20/h5-6,11,17H,1,7-10,12-13,23-24H2,2-4H3. The van der Waals surface area contributed by atoms with Gasteiger partial charge in [-0.2, -0.15) is 0 Å². The van der Waals surface area contributed by atoms with Crippen LogP contribution in [0.25, 0.3) is 0 Å². The topological polar surface area (TPSA) is 61.3 Å². The van der Waals surface area contributed by atoms with Gasteiger partial charge in [-0.1, -0.05) is 42.4 Å². The Bertz CT molecular complexity index is 697. The fraction of sp³-hybridized carbons (Fsp3) is 0.619. The van der Waals surface area contributed by atoms with Gasteiger partial charge in [-0.25, -0.2) is 0 Å². The molecule has 2 aliphatic rings. The van der Waals surface area contributed by atoms with Gasteiger partial charge in [0, 0.05) is 21.9 Å². The minimum absolute atomic E-state index is 0.0738. The average molecular weight is 439 g/mol. The third-order valence-corrected chi connectivity index (χ3v) is 7.82. The minimum atomic E-state index is -0.364. The predicted molar refractivity (Wildman–Crippen MR) is 115 cm³/mol. The molecular formula is C21H31BrN2OS. The van der Waals surface area contributed by atoms with E-state index in [1.165, 1.54) is 11.1 Å². The first-order chi connectivity index (χ1) is 12.1. The summed E-state index contributed by atoms with van der Waals surface area (Å²) < 4.78 is 6.66. The molecular weight excluding hydrogens is 408 g/mol. The molecule has 144 valence electrons. The van der Waals surface area contributed by atoms with Gasteiger partial charge in [-0.05, 0) is 67.2 Å². The summed E-state index contributed by atoms with van der Waals surface area (Å²) in [5.41, 5.74) is 15.7. The smallest absolute Gasteiger partial charge is 0.0587 e. The van der Waals surface area contributed by atoms with Crippen LogP contribution in [0.4, 0.5) is 0 Å². The van der Waals surface area contributed by atoms with Crippen LogP contribution < -0.4 is 11.5 Å². The molecule has 0 aliphatic heterocycles. The Labute approximate surface area is 170 Å². The minimum Gasteiger partial charge on any atom is -0.394 e. The number of benzene rings is 1. The van der Waals surface area contributed by atoms with E-state index in [-0.39, 0.29) is 15.7 Å². The summed E-state index contributed by atoms with van der Waals surface area (Å²) in [5, 5.41) is 0.656. The molecule has 0 heterocycles. The normalized spacial score (nSPS) is 31.2. The van der Waals surface area contributed by atoms with Crippen LogP contribution in [0.3, 0.4) is 0 Å². The van der Waals surface area contributed by atoms with Gasteiger partial charge in [0.25, 0.3) is 0 Å². The first kappa shape index (κ1) is 20.2. The van der Waals surface area contributed by atoms with E-state index in [4.69, 9.17) is 16.2 Å². The molecule has 1 aromatic rings. The number of thioether (sulfide) groups is 1. The van der Waals surface area contributed by atoms with Gasteiger partial charge in [0.15, 0.2) is 0 Å². The molecule has 0 saturated heterocycles. The highest BCUT2D eigenvalue weighted by Crippen LogP contribution is 2.60. The zero-order valence-electron chi connectivity index (χ0n) is 16.1. The lowest BCUT2D eigenvalue weighted by molar-refractivity contribution is -0.00850. The zero-order chi connectivity index (χ0) is 19.2. The van der Waals surface area contributed by atoms with E-state index >= 15 is 0 Å². The Morgan fingerprint density at radius 2 is 2.04 bits per heavy atom. The number of ether oxygens (including phenoxy) is 1. The quantitative estimate of drug-likeness (QED) is 0.673. The maximum absolute atomic E-state index is 7.35. The van der Waals surface area contributed by atoms with Crippen LogP contribution in [0.5, 0.6) is 0 Å². The number of halogens is 1. The summed E-state index contributed by atoms with van der Waals surface area (Å²) in [7, 11) is 1.82. The fourth-order valence-electron chi connectivity index (χ4n) is 5.27. The van der Waals surface area contributed by atoms with Gasteiger partial charge in [0.1, 0.15) is 0 Å². The molecule has 5 heteroatoms. The molecule has 0 amide bonds. The summed E-state index contributed by atoms with van der Waals surface area (Å²) in [6.07, 6.45) is 6.70. The molecule has 1 spiro atoms. The van der Waals surface area contributed by atoms with Gasteiger partial charge in [-0.3, -0.25) is 0 Å². The summed E-state index contributed by atoms with van der Waals surface area (Å²) in [4.78, 5) is 0. The SMILES string of the molecule is C=C(N)SC(C)(C)CC1(N)c2cc(Br)ccc2CC12CCC(OC)CC2. The molecule has 0 radical (unpaired) electrons. The Hall–Kier alpha value is -0.490. The third-order valence-electron chi connectivity index (χ3n) is 6.36. The van der Waals surface area contributed by atoms with Crippen LogP contribution in [0, 0.1) is 5.41 Å². The number of hydrogen-bond donors (Lipinski definition) is 2. The van der Waals surface area contributed by atoms with E-state index in [9.17, 15) is 0 Å². The van der Waals surface area contributed by atoms with Crippen molar-refractivity contribution in [3.05, 3.63) is 45.4 Å². The molecule has 26 heavy (non-hydrogen) atoms. The lowest BCUT2D eigenvalue weighted by Crippen LogP contribution is -2.55. The van der Waals surface area contributed by atoms with E-state index in [1.54, 1.807) is 11.8 Å². The number of methoxy groups -OCH3 is 1. The third kappa shape index (κ3) is 3.60. The largest absolute Gasteiger partial charge is 0.394 e. The number of rotatable bonds is 5. The van der Waals surface area contributed by atoms with Crippen molar-refractivity contribution < 1.29 is 4.74 Å². The second-order valence-electron chi connectivity index (χ2n) is 8.67.